The number of rotatable bonds is 7. The molecule has 1 aromatic carbocycles. The van der Waals surface area contributed by atoms with Crippen LogP contribution in [0.5, 0.6) is 0 Å². The molecule has 0 radical (unpaired) electrons. The molecule has 2 aromatic rings. The number of alkyl carbamates (subject to hydrolysis) is 1. The van der Waals surface area contributed by atoms with Crippen molar-refractivity contribution in [2.24, 2.45) is 0 Å². The standard InChI is InChI=1S/C20H25NO6/c1-5-25-18(23)14(21-19(24)27-20(2,3)4)10-11-15(22)17-12-13-8-6-7-9-16(13)26-17/h6-9,12,14H,5,10-11H2,1-4H3,(H,21,24)/t14-/m0/s1. The number of ether oxygens (including phenoxy) is 2. The van der Waals surface area contributed by atoms with Crippen LogP contribution < -0.4 is 5.32 Å². The lowest BCUT2D eigenvalue weighted by Crippen LogP contribution is -2.44. The molecular weight excluding hydrogens is 350 g/mol. The molecule has 27 heavy (non-hydrogen) atoms. The lowest BCUT2D eigenvalue weighted by Gasteiger charge is -2.22. The van der Waals surface area contributed by atoms with Crippen LogP contribution in [0.2, 0.25) is 0 Å². The SMILES string of the molecule is CCOC(=O)[C@H](CCC(=O)c1cc2ccccc2o1)NC(=O)OC(C)(C)C. The van der Waals surface area contributed by atoms with Crippen molar-refractivity contribution in [2.75, 3.05) is 6.61 Å². The second-order valence-electron chi connectivity index (χ2n) is 7.06. The third kappa shape index (κ3) is 6.13. The van der Waals surface area contributed by atoms with E-state index in [1.54, 1.807) is 39.8 Å². The van der Waals surface area contributed by atoms with Crippen LogP contribution in [-0.2, 0) is 14.3 Å². The Morgan fingerprint density at radius 3 is 2.52 bits per heavy atom. The number of nitrogens with one attached hydrogen (secondary N) is 1. The molecule has 2 rings (SSSR count). The van der Waals surface area contributed by atoms with E-state index >= 15 is 0 Å². The number of para-hydroxylation sites is 1. The largest absolute Gasteiger partial charge is 0.464 e. The molecule has 0 bridgehead atoms. The van der Waals surface area contributed by atoms with Crippen LogP contribution in [0, 0.1) is 0 Å². The molecule has 0 aliphatic rings. The number of esters is 1. The van der Waals surface area contributed by atoms with Crippen molar-refractivity contribution in [3.8, 4) is 0 Å². The fourth-order valence-electron chi connectivity index (χ4n) is 2.46. The number of hydrogen-bond donors (Lipinski definition) is 1. The maximum Gasteiger partial charge on any atom is 0.408 e. The molecule has 0 aliphatic heterocycles. The van der Waals surface area contributed by atoms with Gasteiger partial charge in [-0.2, -0.15) is 0 Å². The topological polar surface area (TPSA) is 94.8 Å². The molecule has 1 atom stereocenters. The van der Waals surface area contributed by atoms with Gasteiger partial charge in [-0.05, 0) is 46.2 Å². The van der Waals surface area contributed by atoms with Gasteiger partial charge < -0.3 is 19.2 Å². The quantitative estimate of drug-likeness (QED) is 0.583. The molecule has 1 N–H and O–H groups in total. The average Bonchev–Trinajstić information content (AvgIpc) is 3.01. The van der Waals surface area contributed by atoms with Gasteiger partial charge in [0.25, 0.3) is 0 Å². The first-order valence-electron chi connectivity index (χ1n) is 8.87. The molecule has 1 aromatic heterocycles. The molecule has 7 nitrogen and oxygen atoms in total. The normalized spacial score (nSPS) is 12.4. The summed E-state index contributed by atoms with van der Waals surface area (Å²) in [6.45, 7) is 7.00. The third-order valence-corrected chi connectivity index (χ3v) is 3.62. The van der Waals surface area contributed by atoms with Crippen molar-refractivity contribution in [1.82, 2.24) is 5.32 Å². The summed E-state index contributed by atoms with van der Waals surface area (Å²) in [6.07, 6.45) is -0.649. The summed E-state index contributed by atoms with van der Waals surface area (Å²) in [7, 11) is 0. The van der Waals surface area contributed by atoms with Crippen molar-refractivity contribution in [3.63, 3.8) is 0 Å². The lowest BCUT2D eigenvalue weighted by atomic mass is 10.1. The second kappa shape index (κ2) is 8.70. The molecule has 0 unspecified atom stereocenters. The van der Waals surface area contributed by atoms with E-state index < -0.39 is 23.7 Å². The minimum Gasteiger partial charge on any atom is -0.464 e. The number of ketones is 1. The summed E-state index contributed by atoms with van der Waals surface area (Å²) in [4.78, 5) is 36.5. The average molecular weight is 375 g/mol. The van der Waals surface area contributed by atoms with E-state index in [9.17, 15) is 14.4 Å². The summed E-state index contributed by atoms with van der Waals surface area (Å²) in [5.41, 5.74) is -0.0809. The van der Waals surface area contributed by atoms with Crippen LogP contribution in [0.15, 0.2) is 34.7 Å². The van der Waals surface area contributed by atoms with E-state index in [0.717, 1.165) is 5.39 Å². The minimum absolute atomic E-state index is 0.0130. The van der Waals surface area contributed by atoms with Crippen LogP contribution in [0.25, 0.3) is 11.0 Å². The second-order valence-corrected chi connectivity index (χ2v) is 7.06. The first-order chi connectivity index (χ1) is 12.7. The molecule has 0 saturated heterocycles. The van der Waals surface area contributed by atoms with Crippen LogP contribution >= 0.6 is 0 Å². The van der Waals surface area contributed by atoms with Gasteiger partial charge in [0.05, 0.1) is 6.61 Å². The minimum atomic E-state index is -0.979. The highest BCUT2D eigenvalue weighted by Gasteiger charge is 2.26. The fourth-order valence-corrected chi connectivity index (χ4v) is 2.46. The monoisotopic (exact) mass is 375 g/mol. The molecule has 0 aliphatic carbocycles. The summed E-state index contributed by atoms with van der Waals surface area (Å²) in [5, 5.41) is 3.30. The van der Waals surface area contributed by atoms with E-state index in [1.807, 2.05) is 18.2 Å². The van der Waals surface area contributed by atoms with Gasteiger partial charge in [-0.1, -0.05) is 18.2 Å². The van der Waals surface area contributed by atoms with Gasteiger partial charge in [-0.25, -0.2) is 9.59 Å². The summed E-state index contributed by atoms with van der Waals surface area (Å²) in [5.74, 6) is -0.650. The van der Waals surface area contributed by atoms with Gasteiger partial charge in [-0.15, -0.1) is 0 Å². The smallest absolute Gasteiger partial charge is 0.408 e. The summed E-state index contributed by atoms with van der Waals surface area (Å²) in [6, 6.07) is 7.99. The van der Waals surface area contributed by atoms with Crippen molar-refractivity contribution >= 4 is 28.8 Å². The molecule has 0 spiro atoms. The van der Waals surface area contributed by atoms with E-state index in [-0.39, 0.29) is 31.0 Å². The summed E-state index contributed by atoms with van der Waals surface area (Å²) < 4.78 is 15.7. The Bertz CT molecular complexity index is 784. The van der Waals surface area contributed by atoms with Gasteiger partial charge in [0.15, 0.2) is 11.5 Å². The number of carbonyl (C=O) groups excluding carboxylic acids is 3. The Labute approximate surface area is 158 Å². The molecular formula is C20H25NO6. The number of furan rings is 1. The van der Waals surface area contributed by atoms with Crippen molar-refractivity contribution < 1.29 is 28.3 Å². The molecule has 1 heterocycles. The summed E-state index contributed by atoms with van der Waals surface area (Å²) >= 11 is 0. The molecule has 0 saturated carbocycles. The zero-order valence-corrected chi connectivity index (χ0v) is 16.0. The third-order valence-electron chi connectivity index (χ3n) is 3.62. The number of amides is 1. The zero-order valence-electron chi connectivity index (χ0n) is 16.0. The number of fused-ring (bicyclic) bond motifs is 1. The Kier molecular flexibility index (Phi) is 6.60. The van der Waals surface area contributed by atoms with Gasteiger partial charge in [0, 0.05) is 11.8 Å². The molecule has 0 fully saturated rings. The number of benzene rings is 1. The lowest BCUT2D eigenvalue weighted by molar-refractivity contribution is -0.145. The Balaban J connectivity index is 2.02. The van der Waals surface area contributed by atoms with E-state index in [4.69, 9.17) is 13.9 Å². The maximum absolute atomic E-state index is 12.4. The van der Waals surface area contributed by atoms with Crippen molar-refractivity contribution in [1.29, 1.82) is 0 Å². The van der Waals surface area contributed by atoms with Gasteiger partial charge in [-0.3, -0.25) is 4.79 Å². The highest BCUT2D eigenvalue weighted by Crippen LogP contribution is 2.20. The van der Waals surface area contributed by atoms with Gasteiger partial charge >= 0.3 is 12.1 Å². The van der Waals surface area contributed by atoms with E-state index in [1.165, 1.54) is 0 Å². The van der Waals surface area contributed by atoms with E-state index in [2.05, 4.69) is 5.32 Å². The molecule has 7 heteroatoms. The van der Waals surface area contributed by atoms with Gasteiger partial charge in [0.1, 0.15) is 17.2 Å². The first-order valence-corrected chi connectivity index (χ1v) is 8.87. The maximum atomic E-state index is 12.4. The highest BCUT2D eigenvalue weighted by atomic mass is 16.6. The number of hydrogen-bond acceptors (Lipinski definition) is 6. The number of carbonyl (C=O) groups is 3. The fraction of sp³-hybridized carbons (Fsp3) is 0.450. The van der Waals surface area contributed by atoms with Crippen molar-refractivity contribution in [2.45, 2.75) is 52.2 Å². The highest BCUT2D eigenvalue weighted by molar-refractivity contribution is 5.97. The predicted octanol–water partition coefficient (Wildman–Crippen LogP) is 3.85. The van der Waals surface area contributed by atoms with Crippen LogP contribution in [0.1, 0.15) is 51.1 Å². The van der Waals surface area contributed by atoms with Gasteiger partial charge in [0.2, 0.25) is 0 Å². The van der Waals surface area contributed by atoms with Crippen LogP contribution in [0.3, 0.4) is 0 Å². The molecule has 146 valence electrons. The van der Waals surface area contributed by atoms with Crippen LogP contribution in [-0.4, -0.2) is 36.1 Å². The Morgan fingerprint density at radius 2 is 1.89 bits per heavy atom. The zero-order chi connectivity index (χ0) is 20.0. The van der Waals surface area contributed by atoms with Crippen LogP contribution in [0.4, 0.5) is 4.79 Å². The predicted molar refractivity (Wildman–Crippen MR) is 99.6 cm³/mol. The Hall–Kier alpha value is -2.83. The van der Waals surface area contributed by atoms with Crippen molar-refractivity contribution in [3.05, 3.63) is 36.1 Å². The molecule has 1 amide bonds. The first kappa shape index (κ1) is 20.5. The number of Topliss-reactive ketones (excluding diaryl/α,β-unsaturated/α-hetero) is 1. The Morgan fingerprint density at radius 1 is 1.19 bits per heavy atom. The van der Waals surface area contributed by atoms with E-state index in [0.29, 0.717) is 5.58 Å².